The predicted octanol–water partition coefficient (Wildman–Crippen LogP) is 3.01. The summed E-state index contributed by atoms with van der Waals surface area (Å²) in [6, 6.07) is 5.61. The Hall–Kier alpha value is -2.13. The molecule has 0 saturated heterocycles. The zero-order valence-corrected chi connectivity index (χ0v) is 11.8. The first-order valence-corrected chi connectivity index (χ1v) is 6.49. The van der Waals surface area contributed by atoms with Crippen LogP contribution in [0.5, 0.6) is 0 Å². The third kappa shape index (κ3) is 3.93. The summed E-state index contributed by atoms with van der Waals surface area (Å²) >= 11 is 5.91. The Morgan fingerprint density at radius 3 is 2.75 bits per heavy atom. The molecule has 0 unspecified atom stereocenters. The number of benzene rings is 1. The summed E-state index contributed by atoms with van der Waals surface area (Å²) in [7, 11) is 0. The molecule has 0 N–H and O–H groups in total. The summed E-state index contributed by atoms with van der Waals surface area (Å²) in [4.78, 5) is 23.7. The van der Waals surface area contributed by atoms with Crippen molar-refractivity contribution in [3.8, 4) is 6.07 Å². The van der Waals surface area contributed by atoms with Crippen molar-refractivity contribution in [2.45, 2.75) is 19.8 Å². The zero-order valence-electron chi connectivity index (χ0n) is 11.0. The molecule has 0 aliphatic rings. The number of unbranched alkanes of at least 4 members (excludes halogenated alkanes) is 1. The Balaban J connectivity index is 3.00. The van der Waals surface area contributed by atoms with Crippen molar-refractivity contribution in [2.24, 2.45) is 0 Å². The molecule has 1 amide bonds. The largest absolute Gasteiger partial charge is 0.325 e. The lowest BCUT2D eigenvalue weighted by Gasteiger charge is -2.19. The second-order valence-electron chi connectivity index (χ2n) is 4.16. The molecule has 0 fully saturated rings. The van der Waals surface area contributed by atoms with Gasteiger partial charge in [-0.05, 0) is 12.5 Å². The number of non-ortho nitro benzene ring substituents is 1. The first kappa shape index (κ1) is 15.9. The van der Waals surface area contributed by atoms with Crippen molar-refractivity contribution in [3.05, 3.63) is 38.9 Å². The van der Waals surface area contributed by atoms with E-state index in [4.69, 9.17) is 16.9 Å². The fourth-order valence-corrected chi connectivity index (χ4v) is 1.90. The maximum absolute atomic E-state index is 12.3. The summed E-state index contributed by atoms with van der Waals surface area (Å²) in [5.74, 6) is -0.389. The van der Waals surface area contributed by atoms with Crippen molar-refractivity contribution >= 4 is 23.2 Å². The monoisotopic (exact) mass is 295 g/mol. The van der Waals surface area contributed by atoms with E-state index in [2.05, 4.69) is 0 Å². The maximum Gasteiger partial charge on any atom is 0.270 e. The number of halogens is 1. The van der Waals surface area contributed by atoms with Gasteiger partial charge in [0.1, 0.15) is 6.54 Å². The van der Waals surface area contributed by atoms with Gasteiger partial charge in [-0.3, -0.25) is 14.9 Å². The van der Waals surface area contributed by atoms with Crippen LogP contribution in [0.15, 0.2) is 18.2 Å². The molecule has 0 radical (unpaired) electrons. The fraction of sp³-hybridized carbons (Fsp3) is 0.385. The molecule has 1 rings (SSSR count). The van der Waals surface area contributed by atoms with Gasteiger partial charge in [-0.2, -0.15) is 5.26 Å². The third-order valence-corrected chi connectivity index (χ3v) is 3.04. The van der Waals surface area contributed by atoms with Gasteiger partial charge in [-0.15, -0.1) is 0 Å². The third-order valence-electron chi connectivity index (χ3n) is 2.72. The number of carbonyl (C=O) groups is 1. The smallest absolute Gasteiger partial charge is 0.270 e. The summed E-state index contributed by atoms with van der Waals surface area (Å²) in [6.45, 7) is 2.40. The van der Waals surface area contributed by atoms with Crippen LogP contribution < -0.4 is 0 Å². The molecular weight excluding hydrogens is 282 g/mol. The van der Waals surface area contributed by atoms with E-state index in [1.165, 1.54) is 17.0 Å². The average molecular weight is 296 g/mol. The molecule has 7 heteroatoms. The molecule has 0 aromatic heterocycles. The number of hydrogen-bond donors (Lipinski definition) is 0. The molecule has 0 bridgehead atoms. The number of amides is 1. The molecule has 0 heterocycles. The predicted molar refractivity (Wildman–Crippen MR) is 74.5 cm³/mol. The van der Waals surface area contributed by atoms with E-state index in [-0.39, 0.29) is 28.7 Å². The molecule has 6 nitrogen and oxygen atoms in total. The molecule has 0 saturated carbocycles. The minimum Gasteiger partial charge on any atom is -0.325 e. The highest BCUT2D eigenvalue weighted by molar-refractivity contribution is 6.34. The lowest BCUT2D eigenvalue weighted by Crippen LogP contribution is -2.32. The fourth-order valence-electron chi connectivity index (χ4n) is 1.65. The minimum atomic E-state index is -0.579. The second kappa shape index (κ2) is 7.46. The Morgan fingerprint density at radius 1 is 1.55 bits per heavy atom. The quantitative estimate of drug-likeness (QED) is 0.458. The standard InChI is InChI=1S/C13H14ClN3O3/c1-2-3-7-16(8-6-15)13(18)11-5-4-10(17(19)20)9-12(11)14/h4-5,9H,2-3,7-8H2,1H3. The molecule has 106 valence electrons. The molecule has 1 aromatic carbocycles. The van der Waals surface area contributed by atoms with Gasteiger partial charge >= 0.3 is 0 Å². The summed E-state index contributed by atoms with van der Waals surface area (Å²) in [5.41, 5.74) is -0.00411. The van der Waals surface area contributed by atoms with E-state index in [9.17, 15) is 14.9 Å². The number of nitrogens with zero attached hydrogens (tertiary/aromatic N) is 3. The van der Waals surface area contributed by atoms with E-state index in [0.29, 0.717) is 6.54 Å². The number of hydrogen-bond acceptors (Lipinski definition) is 4. The van der Waals surface area contributed by atoms with E-state index in [0.717, 1.165) is 18.9 Å². The lowest BCUT2D eigenvalue weighted by molar-refractivity contribution is -0.384. The van der Waals surface area contributed by atoms with Crippen LogP contribution in [-0.2, 0) is 0 Å². The molecule has 0 aliphatic heterocycles. The Labute approximate surface area is 121 Å². The molecule has 0 spiro atoms. The van der Waals surface area contributed by atoms with Crippen LogP contribution in [0, 0.1) is 21.4 Å². The normalized spacial score (nSPS) is 9.85. The van der Waals surface area contributed by atoms with Crippen LogP contribution in [-0.4, -0.2) is 28.8 Å². The van der Waals surface area contributed by atoms with Gasteiger partial charge in [-0.1, -0.05) is 24.9 Å². The summed E-state index contributed by atoms with van der Waals surface area (Å²) in [6.07, 6.45) is 1.67. The highest BCUT2D eigenvalue weighted by Gasteiger charge is 2.20. The average Bonchev–Trinajstić information content (AvgIpc) is 2.42. The van der Waals surface area contributed by atoms with Crippen molar-refractivity contribution in [1.29, 1.82) is 5.26 Å². The Morgan fingerprint density at radius 2 is 2.25 bits per heavy atom. The van der Waals surface area contributed by atoms with E-state index in [1.54, 1.807) is 0 Å². The van der Waals surface area contributed by atoms with Crippen molar-refractivity contribution in [2.75, 3.05) is 13.1 Å². The highest BCUT2D eigenvalue weighted by Crippen LogP contribution is 2.23. The van der Waals surface area contributed by atoms with Gasteiger partial charge in [0.15, 0.2) is 0 Å². The van der Waals surface area contributed by atoms with E-state index < -0.39 is 4.92 Å². The van der Waals surface area contributed by atoms with Gasteiger partial charge in [0.25, 0.3) is 11.6 Å². The molecule has 20 heavy (non-hydrogen) atoms. The molecule has 0 atom stereocenters. The van der Waals surface area contributed by atoms with Crippen LogP contribution in [0.2, 0.25) is 5.02 Å². The van der Waals surface area contributed by atoms with Crippen LogP contribution in [0.1, 0.15) is 30.1 Å². The number of carbonyl (C=O) groups excluding carboxylic acids is 1. The molecular formula is C13H14ClN3O3. The SMILES string of the molecule is CCCCN(CC#N)C(=O)c1ccc([N+](=O)[O-])cc1Cl. The van der Waals surface area contributed by atoms with Crippen molar-refractivity contribution < 1.29 is 9.72 Å². The van der Waals surface area contributed by atoms with Gasteiger partial charge in [-0.25, -0.2) is 0 Å². The number of nitriles is 1. The van der Waals surface area contributed by atoms with Crippen LogP contribution in [0.25, 0.3) is 0 Å². The van der Waals surface area contributed by atoms with Gasteiger partial charge in [0.05, 0.1) is 21.6 Å². The zero-order chi connectivity index (χ0) is 15.1. The van der Waals surface area contributed by atoms with Crippen molar-refractivity contribution in [3.63, 3.8) is 0 Å². The van der Waals surface area contributed by atoms with Gasteiger partial charge in [0, 0.05) is 18.7 Å². The Bertz CT molecular complexity index is 554. The van der Waals surface area contributed by atoms with Crippen molar-refractivity contribution in [1.82, 2.24) is 4.90 Å². The molecule has 0 aliphatic carbocycles. The Kier molecular flexibility index (Phi) is 5.94. The van der Waals surface area contributed by atoms with Gasteiger partial charge in [0.2, 0.25) is 0 Å². The highest BCUT2D eigenvalue weighted by atomic mass is 35.5. The van der Waals surface area contributed by atoms with E-state index in [1.807, 2.05) is 13.0 Å². The van der Waals surface area contributed by atoms with E-state index >= 15 is 0 Å². The van der Waals surface area contributed by atoms with Crippen LogP contribution in [0.4, 0.5) is 5.69 Å². The van der Waals surface area contributed by atoms with Gasteiger partial charge < -0.3 is 4.90 Å². The number of nitro groups is 1. The van der Waals surface area contributed by atoms with Crippen LogP contribution in [0.3, 0.4) is 0 Å². The summed E-state index contributed by atoms with van der Waals surface area (Å²) in [5, 5.41) is 19.4. The van der Waals surface area contributed by atoms with Crippen LogP contribution >= 0.6 is 11.6 Å². The topological polar surface area (TPSA) is 87.2 Å². The number of nitro benzene ring substituents is 1. The second-order valence-corrected chi connectivity index (χ2v) is 4.57. The molecule has 1 aromatic rings. The number of rotatable bonds is 6. The minimum absolute atomic E-state index is 0.0173. The summed E-state index contributed by atoms with van der Waals surface area (Å²) < 4.78 is 0. The maximum atomic E-state index is 12.3. The first-order chi connectivity index (χ1) is 9.51. The first-order valence-electron chi connectivity index (χ1n) is 6.11. The lowest BCUT2D eigenvalue weighted by atomic mass is 10.1.